The Hall–Kier alpha value is -3.87. The molecule has 4 aromatic carbocycles. The van der Waals surface area contributed by atoms with Gasteiger partial charge in [-0.3, -0.25) is 9.59 Å². The smallest absolute Gasteiger partial charge is 0.272 e. The Morgan fingerprint density at radius 3 is 2.19 bits per heavy atom. The van der Waals surface area contributed by atoms with E-state index in [4.69, 9.17) is 11.6 Å². The van der Waals surface area contributed by atoms with Gasteiger partial charge in [-0.05, 0) is 71.8 Å². The molecule has 2 amide bonds. The highest BCUT2D eigenvalue weighted by Crippen LogP contribution is 2.25. The normalized spacial score (nSPS) is 11.1. The van der Waals surface area contributed by atoms with E-state index in [2.05, 4.69) is 10.6 Å². The Bertz CT molecular complexity index is 1370. The lowest BCUT2D eigenvalue weighted by Crippen LogP contribution is -2.30. The Morgan fingerprint density at radius 2 is 1.50 bits per heavy atom. The predicted octanol–water partition coefficient (Wildman–Crippen LogP) is 7.18. The van der Waals surface area contributed by atoms with Crippen LogP contribution in [0.4, 0.5) is 10.1 Å². The van der Waals surface area contributed by atoms with Gasteiger partial charge < -0.3 is 10.6 Å². The van der Waals surface area contributed by atoms with Gasteiger partial charge in [-0.2, -0.15) is 0 Å². The number of anilines is 1. The van der Waals surface area contributed by atoms with Crippen molar-refractivity contribution in [3.05, 3.63) is 136 Å². The standard InChI is InChI=1S/C29H22ClFN2O2S/c30-23-12-10-20(11-13-23)18-27(33-28(34)21-6-2-1-3-7-21)29(35)32-24-14-16-25(17-15-24)36-19-22-8-4-5-9-26(22)31/h1-18H,19H2,(H,32,35)(H,33,34)/b27-18-. The van der Waals surface area contributed by atoms with Crippen molar-refractivity contribution in [1.82, 2.24) is 5.32 Å². The average molecular weight is 517 g/mol. The minimum absolute atomic E-state index is 0.0872. The van der Waals surface area contributed by atoms with Gasteiger partial charge in [0.05, 0.1) is 0 Å². The van der Waals surface area contributed by atoms with Gasteiger partial charge in [-0.25, -0.2) is 4.39 Å². The zero-order chi connectivity index (χ0) is 25.3. The Labute approximate surface area is 218 Å². The third-order valence-corrected chi connectivity index (χ3v) is 6.49. The highest BCUT2D eigenvalue weighted by atomic mass is 35.5. The van der Waals surface area contributed by atoms with Gasteiger partial charge in [0.15, 0.2) is 0 Å². The summed E-state index contributed by atoms with van der Waals surface area (Å²) in [7, 11) is 0. The molecule has 0 atom stereocenters. The average Bonchev–Trinajstić information content (AvgIpc) is 2.90. The van der Waals surface area contributed by atoms with Crippen LogP contribution < -0.4 is 10.6 Å². The van der Waals surface area contributed by atoms with Crippen LogP contribution in [0.15, 0.2) is 114 Å². The maximum Gasteiger partial charge on any atom is 0.272 e. The summed E-state index contributed by atoms with van der Waals surface area (Å²) in [6.45, 7) is 0. The molecular weight excluding hydrogens is 495 g/mol. The maximum atomic E-state index is 13.8. The fourth-order valence-electron chi connectivity index (χ4n) is 3.28. The molecule has 180 valence electrons. The molecule has 4 rings (SSSR count). The van der Waals surface area contributed by atoms with Crippen molar-refractivity contribution in [2.45, 2.75) is 10.6 Å². The number of rotatable bonds is 8. The summed E-state index contributed by atoms with van der Waals surface area (Å²) in [4.78, 5) is 26.8. The number of nitrogens with one attached hydrogen (secondary N) is 2. The number of hydrogen-bond acceptors (Lipinski definition) is 3. The van der Waals surface area contributed by atoms with E-state index in [-0.39, 0.29) is 11.5 Å². The van der Waals surface area contributed by atoms with Crippen LogP contribution in [0.25, 0.3) is 6.08 Å². The van der Waals surface area contributed by atoms with Crippen molar-refractivity contribution < 1.29 is 14.0 Å². The van der Waals surface area contributed by atoms with Crippen molar-refractivity contribution >= 4 is 46.9 Å². The number of hydrogen-bond donors (Lipinski definition) is 2. The van der Waals surface area contributed by atoms with Gasteiger partial charge in [0.2, 0.25) is 0 Å². The quantitative estimate of drug-likeness (QED) is 0.192. The number of benzene rings is 4. The predicted molar refractivity (Wildman–Crippen MR) is 144 cm³/mol. The summed E-state index contributed by atoms with van der Waals surface area (Å²) in [5, 5.41) is 6.10. The molecule has 4 nitrogen and oxygen atoms in total. The van der Waals surface area contributed by atoms with E-state index in [1.807, 2.05) is 24.3 Å². The van der Waals surface area contributed by atoms with E-state index >= 15 is 0 Å². The van der Waals surface area contributed by atoms with E-state index in [0.717, 1.165) is 4.90 Å². The van der Waals surface area contributed by atoms with E-state index in [1.54, 1.807) is 78.9 Å². The van der Waals surface area contributed by atoms with Crippen LogP contribution in [0.5, 0.6) is 0 Å². The largest absolute Gasteiger partial charge is 0.321 e. The summed E-state index contributed by atoms with van der Waals surface area (Å²) in [5.74, 6) is -0.601. The van der Waals surface area contributed by atoms with Crippen LogP contribution in [0.2, 0.25) is 5.02 Å². The van der Waals surface area contributed by atoms with Gasteiger partial charge >= 0.3 is 0 Å². The molecule has 0 fully saturated rings. The second kappa shape index (κ2) is 12.2. The second-order valence-electron chi connectivity index (χ2n) is 7.79. The number of halogens is 2. The van der Waals surface area contributed by atoms with Crippen LogP contribution in [0, 0.1) is 5.82 Å². The van der Waals surface area contributed by atoms with Crippen LogP contribution in [-0.4, -0.2) is 11.8 Å². The molecule has 0 aromatic heterocycles. The molecule has 0 aliphatic carbocycles. The monoisotopic (exact) mass is 516 g/mol. The Balaban J connectivity index is 1.47. The highest BCUT2D eigenvalue weighted by molar-refractivity contribution is 7.98. The van der Waals surface area contributed by atoms with Crippen molar-refractivity contribution in [1.29, 1.82) is 0 Å². The first-order valence-electron chi connectivity index (χ1n) is 11.1. The first-order valence-corrected chi connectivity index (χ1v) is 12.5. The van der Waals surface area contributed by atoms with Crippen molar-refractivity contribution in [2.75, 3.05) is 5.32 Å². The third-order valence-electron chi connectivity index (χ3n) is 5.17. The lowest BCUT2D eigenvalue weighted by atomic mass is 10.1. The molecule has 0 saturated heterocycles. The topological polar surface area (TPSA) is 58.2 Å². The molecular formula is C29H22ClFN2O2S. The number of thioether (sulfide) groups is 1. The van der Waals surface area contributed by atoms with Gasteiger partial charge in [0, 0.05) is 26.9 Å². The molecule has 0 heterocycles. The van der Waals surface area contributed by atoms with Crippen LogP contribution in [0.1, 0.15) is 21.5 Å². The van der Waals surface area contributed by atoms with E-state index in [9.17, 15) is 14.0 Å². The summed E-state index contributed by atoms with van der Waals surface area (Å²) < 4.78 is 13.8. The molecule has 0 saturated carbocycles. The minimum Gasteiger partial charge on any atom is -0.321 e. The van der Waals surface area contributed by atoms with Gasteiger partial charge in [-0.1, -0.05) is 60.1 Å². The lowest BCUT2D eigenvalue weighted by Gasteiger charge is -2.12. The first kappa shape index (κ1) is 25.2. The molecule has 0 unspecified atom stereocenters. The van der Waals surface area contributed by atoms with Gasteiger partial charge in [-0.15, -0.1) is 11.8 Å². The number of amides is 2. The maximum absolute atomic E-state index is 13.8. The van der Waals surface area contributed by atoms with E-state index < -0.39 is 11.8 Å². The number of carbonyl (C=O) groups is 2. The first-order chi connectivity index (χ1) is 17.5. The molecule has 7 heteroatoms. The molecule has 36 heavy (non-hydrogen) atoms. The lowest BCUT2D eigenvalue weighted by molar-refractivity contribution is -0.113. The fraction of sp³-hybridized carbons (Fsp3) is 0.0345. The molecule has 0 bridgehead atoms. The molecule has 0 radical (unpaired) electrons. The zero-order valence-corrected chi connectivity index (χ0v) is 20.7. The summed E-state index contributed by atoms with van der Waals surface area (Å²) in [6, 6.07) is 29.5. The van der Waals surface area contributed by atoms with Gasteiger partial charge in [0.1, 0.15) is 11.5 Å². The molecule has 0 spiro atoms. The van der Waals surface area contributed by atoms with Crippen molar-refractivity contribution in [2.24, 2.45) is 0 Å². The molecule has 4 aromatic rings. The third kappa shape index (κ3) is 7.07. The molecule has 0 aliphatic heterocycles. The Morgan fingerprint density at radius 1 is 0.833 bits per heavy atom. The molecule has 2 N–H and O–H groups in total. The van der Waals surface area contributed by atoms with Crippen LogP contribution >= 0.6 is 23.4 Å². The van der Waals surface area contributed by atoms with Gasteiger partial charge in [0.25, 0.3) is 11.8 Å². The number of carbonyl (C=O) groups excluding carboxylic acids is 2. The zero-order valence-electron chi connectivity index (χ0n) is 19.1. The molecule has 0 aliphatic rings. The minimum atomic E-state index is -0.471. The second-order valence-corrected chi connectivity index (χ2v) is 9.27. The van der Waals surface area contributed by atoms with Crippen molar-refractivity contribution in [3.8, 4) is 0 Å². The van der Waals surface area contributed by atoms with Crippen LogP contribution in [-0.2, 0) is 10.5 Å². The van der Waals surface area contributed by atoms with E-state index in [0.29, 0.717) is 33.2 Å². The summed E-state index contributed by atoms with van der Waals surface area (Å²) in [5.41, 5.74) is 2.42. The fourth-order valence-corrected chi connectivity index (χ4v) is 4.29. The van der Waals surface area contributed by atoms with Crippen molar-refractivity contribution in [3.63, 3.8) is 0 Å². The Kier molecular flexibility index (Phi) is 8.55. The summed E-state index contributed by atoms with van der Waals surface area (Å²) in [6.07, 6.45) is 1.59. The SMILES string of the molecule is O=C(Nc1ccc(SCc2ccccc2F)cc1)/C(=C/c1ccc(Cl)cc1)NC(=O)c1ccccc1. The summed E-state index contributed by atoms with van der Waals surface area (Å²) >= 11 is 7.47. The van der Waals surface area contributed by atoms with Crippen LogP contribution in [0.3, 0.4) is 0 Å². The highest BCUT2D eigenvalue weighted by Gasteiger charge is 2.15. The van der Waals surface area contributed by atoms with E-state index in [1.165, 1.54) is 17.8 Å².